The predicted octanol–water partition coefficient (Wildman–Crippen LogP) is 6.36. The van der Waals surface area contributed by atoms with Gasteiger partial charge in [0.1, 0.15) is 0 Å². The molecule has 4 aromatic rings. The Morgan fingerprint density at radius 3 is 2.00 bits per heavy atom. The highest BCUT2D eigenvalue weighted by atomic mass is 15.1. The van der Waals surface area contributed by atoms with Gasteiger partial charge in [0, 0.05) is 18.8 Å². The summed E-state index contributed by atoms with van der Waals surface area (Å²) in [7, 11) is 0. The first kappa shape index (κ1) is 16.4. The Bertz CT molecular complexity index is 987. The van der Waals surface area contributed by atoms with Crippen molar-refractivity contribution < 1.29 is 0 Å². The van der Waals surface area contributed by atoms with Gasteiger partial charge in [-0.05, 0) is 47.0 Å². The summed E-state index contributed by atoms with van der Waals surface area (Å²) in [5, 5.41) is 2.59. The molecule has 1 nitrogen and oxygen atoms in total. The maximum atomic E-state index is 2.44. The van der Waals surface area contributed by atoms with E-state index in [1.807, 2.05) is 0 Å². The third-order valence-electron chi connectivity index (χ3n) is 4.80. The Kier molecular flexibility index (Phi) is 4.70. The highest BCUT2D eigenvalue weighted by Crippen LogP contribution is 2.23. The summed E-state index contributed by atoms with van der Waals surface area (Å²) in [6.07, 6.45) is 0. The molecule has 0 saturated carbocycles. The van der Waals surface area contributed by atoms with Gasteiger partial charge in [0.05, 0.1) is 0 Å². The number of fused-ring (bicyclic) bond motifs is 1. The summed E-state index contributed by atoms with van der Waals surface area (Å²) in [5.41, 5.74) is 5.21. The van der Waals surface area contributed by atoms with E-state index in [1.165, 1.54) is 33.2 Å². The molecule has 0 heterocycles. The minimum Gasteiger partial charge on any atom is -0.363 e. The minimum absolute atomic E-state index is 0.892. The Balaban J connectivity index is 1.65. The van der Waals surface area contributed by atoms with E-state index in [4.69, 9.17) is 0 Å². The fourth-order valence-corrected chi connectivity index (χ4v) is 3.36. The highest BCUT2D eigenvalue weighted by Gasteiger charge is 2.09. The van der Waals surface area contributed by atoms with Gasteiger partial charge in [-0.3, -0.25) is 0 Å². The zero-order chi connectivity index (χ0) is 17.8. The number of aryl methyl sites for hydroxylation is 1. The SMILES string of the molecule is Cc1ccc(N(Cc2ccccc2)Cc2ccc3ccccc3c2)cc1. The van der Waals surface area contributed by atoms with Crippen molar-refractivity contribution in [2.75, 3.05) is 4.90 Å². The van der Waals surface area contributed by atoms with Crippen LogP contribution in [0.4, 0.5) is 5.69 Å². The molecule has 0 atom stereocenters. The van der Waals surface area contributed by atoms with Crippen molar-refractivity contribution in [3.63, 3.8) is 0 Å². The number of hydrogen-bond acceptors (Lipinski definition) is 1. The second-order valence-corrected chi connectivity index (χ2v) is 6.86. The number of nitrogens with zero attached hydrogens (tertiary/aromatic N) is 1. The van der Waals surface area contributed by atoms with Crippen molar-refractivity contribution in [2.45, 2.75) is 20.0 Å². The van der Waals surface area contributed by atoms with E-state index in [0.29, 0.717) is 0 Å². The van der Waals surface area contributed by atoms with Crippen molar-refractivity contribution in [1.82, 2.24) is 0 Å². The zero-order valence-corrected chi connectivity index (χ0v) is 15.1. The highest BCUT2D eigenvalue weighted by molar-refractivity contribution is 5.83. The summed E-state index contributed by atoms with van der Waals surface area (Å²) in [5.74, 6) is 0. The summed E-state index contributed by atoms with van der Waals surface area (Å²) in [4.78, 5) is 2.44. The molecule has 4 rings (SSSR count). The van der Waals surface area contributed by atoms with Crippen LogP contribution in [0, 0.1) is 6.92 Å². The quantitative estimate of drug-likeness (QED) is 0.410. The number of anilines is 1. The minimum atomic E-state index is 0.892. The predicted molar refractivity (Wildman–Crippen MR) is 111 cm³/mol. The Hall–Kier alpha value is -3.06. The number of hydrogen-bond donors (Lipinski definition) is 0. The fraction of sp³-hybridized carbons (Fsp3) is 0.120. The van der Waals surface area contributed by atoms with Crippen molar-refractivity contribution in [3.8, 4) is 0 Å². The fourth-order valence-electron chi connectivity index (χ4n) is 3.36. The lowest BCUT2D eigenvalue weighted by atomic mass is 10.1. The first-order valence-corrected chi connectivity index (χ1v) is 9.11. The van der Waals surface area contributed by atoms with Gasteiger partial charge in [-0.15, -0.1) is 0 Å². The molecule has 0 radical (unpaired) electrons. The average Bonchev–Trinajstić information content (AvgIpc) is 2.69. The van der Waals surface area contributed by atoms with Gasteiger partial charge in [0.15, 0.2) is 0 Å². The van der Waals surface area contributed by atoms with Crippen LogP contribution in [-0.2, 0) is 13.1 Å². The first-order valence-electron chi connectivity index (χ1n) is 9.11. The van der Waals surface area contributed by atoms with Crippen LogP contribution in [0.2, 0.25) is 0 Å². The third-order valence-corrected chi connectivity index (χ3v) is 4.80. The van der Waals surface area contributed by atoms with Gasteiger partial charge in [-0.25, -0.2) is 0 Å². The van der Waals surface area contributed by atoms with Gasteiger partial charge in [0.25, 0.3) is 0 Å². The smallest absolute Gasteiger partial charge is 0.0433 e. The Labute approximate surface area is 155 Å². The lowest BCUT2D eigenvalue weighted by Crippen LogP contribution is -2.22. The molecule has 128 valence electrons. The molecule has 4 aromatic carbocycles. The summed E-state index contributed by atoms with van der Waals surface area (Å²) >= 11 is 0. The third kappa shape index (κ3) is 3.78. The summed E-state index contributed by atoms with van der Waals surface area (Å²) in [6.45, 7) is 3.92. The molecule has 0 aliphatic heterocycles. The molecular formula is C25H23N. The van der Waals surface area contributed by atoms with Crippen LogP contribution >= 0.6 is 0 Å². The van der Waals surface area contributed by atoms with Crippen molar-refractivity contribution in [2.24, 2.45) is 0 Å². The van der Waals surface area contributed by atoms with E-state index >= 15 is 0 Å². The molecule has 0 aromatic heterocycles. The van der Waals surface area contributed by atoms with Crippen LogP contribution in [0.5, 0.6) is 0 Å². The molecule has 26 heavy (non-hydrogen) atoms. The molecular weight excluding hydrogens is 314 g/mol. The second kappa shape index (κ2) is 7.45. The number of rotatable bonds is 5. The van der Waals surface area contributed by atoms with Crippen LogP contribution < -0.4 is 4.90 Å². The van der Waals surface area contributed by atoms with Crippen LogP contribution in [0.15, 0.2) is 97.1 Å². The Morgan fingerprint density at radius 1 is 0.577 bits per heavy atom. The lowest BCUT2D eigenvalue weighted by Gasteiger charge is -2.25. The molecule has 0 N–H and O–H groups in total. The average molecular weight is 337 g/mol. The van der Waals surface area contributed by atoms with Gasteiger partial charge in [-0.1, -0.05) is 84.4 Å². The van der Waals surface area contributed by atoms with Crippen molar-refractivity contribution >= 4 is 16.5 Å². The van der Waals surface area contributed by atoms with Crippen LogP contribution in [0.25, 0.3) is 10.8 Å². The van der Waals surface area contributed by atoms with Crippen molar-refractivity contribution in [1.29, 1.82) is 0 Å². The van der Waals surface area contributed by atoms with Crippen LogP contribution in [0.1, 0.15) is 16.7 Å². The largest absolute Gasteiger partial charge is 0.363 e. The van der Waals surface area contributed by atoms with E-state index in [0.717, 1.165) is 13.1 Å². The maximum Gasteiger partial charge on any atom is 0.0433 e. The molecule has 0 spiro atoms. The molecule has 0 saturated heterocycles. The molecule has 1 heteroatoms. The second-order valence-electron chi connectivity index (χ2n) is 6.86. The molecule has 0 amide bonds. The van der Waals surface area contributed by atoms with Gasteiger partial charge in [0.2, 0.25) is 0 Å². The maximum absolute atomic E-state index is 2.44. The summed E-state index contributed by atoms with van der Waals surface area (Å²) in [6, 6.07) is 34.8. The Morgan fingerprint density at radius 2 is 1.23 bits per heavy atom. The van der Waals surface area contributed by atoms with Crippen LogP contribution in [-0.4, -0.2) is 0 Å². The van der Waals surface area contributed by atoms with Crippen LogP contribution in [0.3, 0.4) is 0 Å². The normalized spacial score (nSPS) is 10.8. The number of benzene rings is 4. The van der Waals surface area contributed by atoms with E-state index in [-0.39, 0.29) is 0 Å². The van der Waals surface area contributed by atoms with Gasteiger partial charge >= 0.3 is 0 Å². The molecule has 0 unspecified atom stereocenters. The first-order chi connectivity index (χ1) is 12.8. The van der Waals surface area contributed by atoms with Gasteiger partial charge in [-0.2, -0.15) is 0 Å². The monoisotopic (exact) mass is 337 g/mol. The van der Waals surface area contributed by atoms with Gasteiger partial charge < -0.3 is 4.90 Å². The van der Waals surface area contributed by atoms with E-state index in [9.17, 15) is 0 Å². The van der Waals surface area contributed by atoms with E-state index in [1.54, 1.807) is 0 Å². The topological polar surface area (TPSA) is 3.24 Å². The van der Waals surface area contributed by atoms with E-state index in [2.05, 4.69) is 109 Å². The van der Waals surface area contributed by atoms with E-state index < -0.39 is 0 Å². The molecule has 0 fully saturated rings. The molecule has 0 aliphatic rings. The standard InChI is InChI=1S/C25H23N/c1-20-11-15-25(16-12-20)26(18-21-7-3-2-4-8-21)19-22-13-14-23-9-5-6-10-24(23)17-22/h2-17H,18-19H2,1H3. The molecule has 0 aliphatic carbocycles. The molecule has 0 bridgehead atoms. The lowest BCUT2D eigenvalue weighted by molar-refractivity contribution is 0.800. The summed E-state index contributed by atoms with van der Waals surface area (Å²) < 4.78 is 0. The van der Waals surface area contributed by atoms with Crippen molar-refractivity contribution in [3.05, 3.63) is 114 Å². The zero-order valence-electron chi connectivity index (χ0n) is 15.1.